The lowest BCUT2D eigenvalue weighted by atomic mass is 10.2. The van der Waals surface area contributed by atoms with E-state index < -0.39 is 0 Å². The maximum Gasteiger partial charge on any atom is 0.0570 e. The zero-order valence-corrected chi connectivity index (χ0v) is 8.25. The number of nitrogens with one attached hydrogen (secondary N) is 1. The molecule has 0 unspecified atom stereocenters. The third kappa shape index (κ3) is 2.07. The molecular formula is C11H16N2. The summed E-state index contributed by atoms with van der Waals surface area (Å²) in [5.41, 5.74) is 2.46. The van der Waals surface area contributed by atoms with Crippen LogP contribution in [0.2, 0.25) is 0 Å². The van der Waals surface area contributed by atoms with Crippen LogP contribution in [0.4, 0.5) is 0 Å². The van der Waals surface area contributed by atoms with Gasteiger partial charge in [0.1, 0.15) is 0 Å². The van der Waals surface area contributed by atoms with Gasteiger partial charge in [0.15, 0.2) is 0 Å². The minimum absolute atomic E-state index is 0.737. The van der Waals surface area contributed by atoms with Crippen LogP contribution >= 0.6 is 0 Å². The van der Waals surface area contributed by atoms with E-state index in [9.17, 15) is 0 Å². The van der Waals surface area contributed by atoms with E-state index in [0.29, 0.717) is 0 Å². The summed E-state index contributed by atoms with van der Waals surface area (Å²) in [5.74, 6) is 0.865. The van der Waals surface area contributed by atoms with Gasteiger partial charge in [-0.3, -0.25) is 4.98 Å². The summed E-state index contributed by atoms with van der Waals surface area (Å²) in [7, 11) is 0. The number of pyridine rings is 1. The Morgan fingerprint density at radius 1 is 1.62 bits per heavy atom. The van der Waals surface area contributed by atoms with Crippen LogP contribution in [0.5, 0.6) is 0 Å². The minimum Gasteiger partial charge on any atom is -0.308 e. The van der Waals surface area contributed by atoms with Gasteiger partial charge in [0.05, 0.1) is 5.69 Å². The van der Waals surface area contributed by atoms with Crippen molar-refractivity contribution in [2.75, 3.05) is 0 Å². The summed E-state index contributed by atoms with van der Waals surface area (Å²) in [5, 5.41) is 3.50. The predicted molar refractivity (Wildman–Crippen MR) is 53.4 cm³/mol. The maximum absolute atomic E-state index is 4.34. The molecule has 1 saturated carbocycles. The second kappa shape index (κ2) is 3.46. The average Bonchev–Trinajstić information content (AvgIpc) is 2.81. The molecule has 1 N–H and O–H groups in total. The van der Waals surface area contributed by atoms with Crippen molar-refractivity contribution < 1.29 is 0 Å². The van der Waals surface area contributed by atoms with Crippen molar-refractivity contribution in [2.24, 2.45) is 5.92 Å². The number of aromatic nitrogens is 1. The van der Waals surface area contributed by atoms with Crippen LogP contribution in [-0.2, 0) is 6.54 Å². The molecule has 2 nitrogen and oxygen atoms in total. The van der Waals surface area contributed by atoms with Crippen LogP contribution in [0.3, 0.4) is 0 Å². The largest absolute Gasteiger partial charge is 0.308 e. The Kier molecular flexibility index (Phi) is 2.32. The summed E-state index contributed by atoms with van der Waals surface area (Å²) in [6.45, 7) is 5.31. The molecule has 1 heterocycles. The smallest absolute Gasteiger partial charge is 0.0570 e. The Morgan fingerprint density at radius 2 is 2.38 bits per heavy atom. The molecule has 0 saturated heterocycles. The van der Waals surface area contributed by atoms with E-state index in [0.717, 1.165) is 18.5 Å². The number of hydrogen-bond acceptors (Lipinski definition) is 2. The predicted octanol–water partition coefficient (Wildman–Crippen LogP) is 1.89. The zero-order chi connectivity index (χ0) is 9.26. The highest BCUT2D eigenvalue weighted by Crippen LogP contribution is 2.29. The van der Waals surface area contributed by atoms with Crippen LogP contribution in [0.1, 0.15) is 24.6 Å². The molecule has 0 bridgehead atoms. The first-order chi connectivity index (χ1) is 6.27. The molecule has 1 fully saturated rings. The summed E-state index contributed by atoms with van der Waals surface area (Å²) in [6, 6.07) is 4.83. The molecule has 0 aliphatic heterocycles. The highest BCUT2D eigenvalue weighted by molar-refractivity contribution is 5.17. The first-order valence-corrected chi connectivity index (χ1v) is 4.91. The third-order valence-corrected chi connectivity index (χ3v) is 2.76. The van der Waals surface area contributed by atoms with Crippen molar-refractivity contribution in [3.8, 4) is 0 Å². The van der Waals surface area contributed by atoms with Crippen LogP contribution in [-0.4, -0.2) is 11.0 Å². The second-order valence-electron chi connectivity index (χ2n) is 3.97. The minimum atomic E-state index is 0.737. The first kappa shape index (κ1) is 8.70. The van der Waals surface area contributed by atoms with Crippen molar-refractivity contribution in [3.63, 3.8) is 0 Å². The monoisotopic (exact) mass is 176 g/mol. The van der Waals surface area contributed by atoms with Gasteiger partial charge in [0, 0.05) is 18.8 Å². The summed E-state index contributed by atoms with van der Waals surface area (Å²) in [6.07, 6.45) is 3.19. The molecule has 2 heteroatoms. The highest BCUT2D eigenvalue weighted by atomic mass is 15.0. The fourth-order valence-electron chi connectivity index (χ4n) is 1.54. The number of aryl methyl sites for hydroxylation is 1. The van der Waals surface area contributed by atoms with Crippen molar-refractivity contribution in [1.29, 1.82) is 0 Å². The van der Waals surface area contributed by atoms with Gasteiger partial charge in [0.2, 0.25) is 0 Å². The lowest BCUT2D eigenvalue weighted by Crippen LogP contribution is -2.18. The third-order valence-electron chi connectivity index (χ3n) is 2.76. The van der Waals surface area contributed by atoms with Gasteiger partial charge in [-0.15, -0.1) is 0 Å². The van der Waals surface area contributed by atoms with E-state index in [1.165, 1.54) is 17.7 Å². The summed E-state index contributed by atoms with van der Waals surface area (Å²) < 4.78 is 0. The Hall–Kier alpha value is -0.890. The van der Waals surface area contributed by atoms with Gasteiger partial charge >= 0.3 is 0 Å². The average molecular weight is 176 g/mol. The van der Waals surface area contributed by atoms with E-state index in [-0.39, 0.29) is 0 Å². The van der Waals surface area contributed by atoms with Gasteiger partial charge in [0.25, 0.3) is 0 Å². The second-order valence-corrected chi connectivity index (χ2v) is 3.97. The molecule has 2 atom stereocenters. The summed E-state index contributed by atoms with van der Waals surface area (Å²) >= 11 is 0. The van der Waals surface area contributed by atoms with E-state index >= 15 is 0 Å². The Balaban J connectivity index is 1.90. The highest BCUT2D eigenvalue weighted by Gasteiger charge is 2.31. The van der Waals surface area contributed by atoms with Gasteiger partial charge in [-0.25, -0.2) is 0 Å². The van der Waals surface area contributed by atoms with Crippen LogP contribution in [0.25, 0.3) is 0 Å². The first-order valence-electron chi connectivity index (χ1n) is 4.91. The van der Waals surface area contributed by atoms with Crippen molar-refractivity contribution in [2.45, 2.75) is 32.9 Å². The van der Waals surface area contributed by atoms with Crippen molar-refractivity contribution in [3.05, 3.63) is 29.6 Å². The van der Waals surface area contributed by atoms with Crippen LogP contribution in [0.15, 0.2) is 18.3 Å². The maximum atomic E-state index is 4.34. The Morgan fingerprint density at radius 3 is 3.00 bits per heavy atom. The van der Waals surface area contributed by atoms with Crippen LogP contribution in [0, 0.1) is 12.8 Å². The molecule has 70 valence electrons. The topological polar surface area (TPSA) is 24.9 Å². The van der Waals surface area contributed by atoms with Gasteiger partial charge < -0.3 is 5.32 Å². The van der Waals surface area contributed by atoms with E-state index in [4.69, 9.17) is 0 Å². The molecule has 13 heavy (non-hydrogen) atoms. The number of nitrogens with zero attached hydrogens (tertiary/aromatic N) is 1. The fourth-order valence-corrected chi connectivity index (χ4v) is 1.54. The number of hydrogen-bond donors (Lipinski definition) is 1. The van der Waals surface area contributed by atoms with Gasteiger partial charge in [-0.05, 0) is 30.9 Å². The molecule has 1 aromatic rings. The normalized spacial score (nSPS) is 26.0. The molecule has 0 radical (unpaired) electrons. The molecule has 1 aromatic heterocycles. The molecule has 0 amide bonds. The van der Waals surface area contributed by atoms with Crippen LogP contribution < -0.4 is 5.32 Å². The zero-order valence-electron chi connectivity index (χ0n) is 8.25. The Bertz CT molecular complexity index is 296. The summed E-state index contributed by atoms with van der Waals surface area (Å²) in [4.78, 5) is 4.34. The van der Waals surface area contributed by atoms with E-state index in [2.05, 4.69) is 30.2 Å². The lowest BCUT2D eigenvalue weighted by molar-refractivity contribution is 0.640. The van der Waals surface area contributed by atoms with Gasteiger partial charge in [-0.2, -0.15) is 0 Å². The fraction of sp³-hybridized carbons (Fsp3) is 0.545. The van der Waals surface area contributed by atoms with Crippen molar-refractivity contribution >= 4 is 0 Å². The molecular weight excluding hydrogens is 160 g/mol. The SMILES string of the molecule is Cc1cccnc1CN[C@@H]1C[C@H]1C. The molecule has 0 aromatic carbocycles. The lowest BCUT2D eigenvalue weighted by Gasteiger charge is -2.05. The number of rotatable bonds is 3. The van der Waals surface area contributed by atoms with E-state index in [1.807, 2.05) is 12.3 Å². The molecule has 2 rings (SSSR count). The van der Waals surface area contributed by atoms with Crippen molar-refractivity contribution in [1.82, 2.24) is 10.3 Å². The Labute approximate surface area is 79.4 Å². The van der Waals surface area contributed by atoms with E-state index in [1.54, 1.807) is 0 Å². The standard InChI is InChI=1S/C11H16N2/c1-8-4-3-5-12-11(8)7-13-10-6-9(10)2/h3-5,9-10,13H,6-7H2,1-2H3/t9-,10-/m1/s1. The molecule has 1 aliphatic rings. The van der Waals surface area contributed by atoms with Gasteiger partial charge in [-0.1, -0.05) is 13.0 Å². The molecule has 0 spiro atoms. The molecule has 1 aliphatic carbocycles. The quantitative estimate of drug-likeness (QED) is 0.760.